The normalized spacial score (nSPS) is 16.0. The maximum absolute atomic E-state index is 5.64. The Morgan fingerprint density at radius 3 is 2.08 bits per heavy atom. The first kappa shape index (κ1) is 12.5. The molecule has 0 rings (SSSR count). The smallest absolute Gasteiger partial charge is 0.0939 e. The van der Waals surface area contributed by atoms with Crippen LogP contribution in [0, 0.1) is 0 Å². The number of halogens is 2. The maximum Gasteiger partial charge on any atom is 0.0939 e. The van der Waals surface area contributed by atoms with Crippen molar-refractivity contribution in [1.82, 2.24) is 0 Å². The minimum Gasteiger partial charge on any atom is -0.378 e. The molecule has 0 saturated carbocycles. The van der Waals surface area contributed by atoms with Crippen molar-refractivity contribution in [3.8, 4) is 0 Å². The molecule has 0 aromatic rings. The van der Waals surface area contributed by atoms with E-state index in [0.29, 0.717) is 18.4 Å². The summed E-state index contributed by atoms with van der Waals surface area (Å²) in [6, 6.07) is 0. The van der Waals surface area contributed by atoms with Crippen molar-refractivity contribution in [3.63, 3.8) is 0 Å². The molecule has 2 atom stereocenters. The topological polar surface area (TPSA) is 18.5 Å². The van der Waals surface area contributed by atoms with Crippen molar-refractivity contribution in [2.75, 3.05) is 25.5 Å². The number of rotatable bonds is 7. The average Bonchev–Trinajstić information content (AvgIpc) is 2.13. The molecule has 0 aromatic heterocycles. The van der Waals surface area contributed by atoms with Gasteiger partial charge in [0.25, 0.3) is 0 Å². The van der Waals surface area contributed by atoms with Gasteiger partial charge in [-0.15, -0.1) is 23.2 Å². The van der Waals surface area contributed by atoms with Crippen molar-refractivity contribution < 1.29 is 9.47 Å². The van der Waals surface area contributed by atoms with Gasteiger partial charge in [-0.2, -0.15) is 0 Å². The molecule has 0 aliphatic heterocycles. The van der Waals surface area contributed by atoms with E-state index in [1.54, 1.807) is 7.11 Å². The van der Waals surface area contributed by atoms with Gasteiger partial charge in [0, 0.05) is 13.0 Å². The minimum atomic E-state index is -0.0241. The Hall–Kier alpha value is 0.500. The Kier molecular flexibility index (Phi) is 8.45. The fourth-order valence-electron chi connectivity index (χ4n) is 0.690. The molecule has 0 amide bonds. The fourth-order valence-corrected chi connectivity index (χ4v) is 1.21. The molecule has 2 nitrogen and oxygen atoms in total. The summed E-state index contributed by atoms with van der Waals surface area (Å²) in [6.07, 6.45) is 1.01. The van der Waals surface area contributed by atoms with Crippen LogP contribution in [-0.2, 0) is 9.47 Å². The molecule has 0 aliphatic rings. The molecule has 74 valence electrons. The second-order valence-electron chi connectivity index (χ2n) is 2.53. The second-order valence-corrected chi connectivity index (χ2v) is 3.15. The molecule has 12 heavy (non-hydrogen) atoms. The minimum absolute atomic E-state index is 0.0241. The highest BCUT2D eigenvalue weighted by Gasteiger charge is 2.09. The SMILES string of the molecule is CCC(CCl)OCC(CCl)OC. The quantitative estimate of drug-likeness (QED) is 0.606. The molecule has 4 heteroatoms. The molecule has 0 spiro atoms. The summed E-state index contributed by atoms with van der Waals surface area (Å²) in [4.78, 5) is 0. The van der Waals surface area contributed by atoms with Crippen LogP contribution in [0.5, 0.6) is 0 Å². The lowest BCUT2D eigenvalue weighted by atomic mass is 10.3. The van der Waals surface area contributed by atoms with Crippen LogP contribution in [0.25, 0.3) is 0 Å². The lowest BCUT2D eigenvalue weighted by Crippen LogP contribution is -2.25. The van der Waals surface area contributed by atoms with Crippen LogP contribution in [-0.4, -0.2) is 37.7 Å². The van der Waals surface area contributed by atoms with E-state index in [0.717, 1.165) is 6.42 Å². The van der Waals surface area contributed by atoms with E-state index in [2.05, 4.69) is 0 Å². The van der Waals surface area contributed by atoms with Crippen LogP contribution in [0.1, 0.15) is 13.3 Å². The second kappa shape index (κ2) is 8.11. The Morgan fingerprint density at radius 2 is 1.75 bits per heavy atom. The van der Waals surface area contributed by atoms with Gasteiger partial charge in [-0.05, 0) is 6.42 Å². The summed E-state index contributed by atoms with van der Waals surface area (Å²) >= 11 is 11.2. The van der Waals surface area contributed by atoms with E-state index in [-0.39, 0.29) is 12.2 Å². The summed E-state index contributed by atoms with van der Waals surface area (Å²) in [5, 5.41) is 0. The maximum atomic E-state index is 5.64. The molecule has 0 aliphatic carbocycles. The van der Waals surface area contributed by atoms with E-state index in [4.69, 9.17) is 32.7 Å². The lowest BCUT2D eigenvalue weighted by molar-refractivity contribution is -0.0115. The fraction of sp³-hybridized carbons (Fsp3) is 1.00. The van der Waals surface area contributed by atoms with Crippen LogP contribution in [0.2, 0.25) is 0 Å². The zero-order valence-corrected chi connectivity index (χ0v) is 9.07. The molecular formula is C8H16Cl2O2. The molecule has 2 unspecified atom stereocenters. The van der Waals surface area contributed by atoms with Crippen molar-refractivity contribution in [3.05, 3.63) is 0 Å². The van der Waals surface area contributed by atoms with Gasteiger partial charge in [0.2, 0.25) is 0 Å². The van der Waals surface area contributed by atoms with Gasteiger partial charge in [-0.1, -0.05) is 6.92 Å². The molecule has 0 saturated heterocycles. The standard InChI is InChI=1S/C8H16Cl2O2/c1-3-7(4-9)12-6-8(5-10)11-2/h7-8H,3-6H2,1-2H3. The van der Waals surface area contributed by atoms with Crippen LogP contribution in [0.15, 0.2) is 0 Å². The Labute approximate surface area is 84.1 Å². The summed E-state index contributed by atoms with van der Waals surface area (Å²) in [7, 11) is 1.62. The Morgan fingerprint density at radius 1 is 1.17 bits per heavy atom. The van der Waals surface area contributed by atoms with Crippen molar-refractivity contribution in [2.24, 2.45) is 0 Å². The van der Waals surface area contributed by atoms with Crippen molar-refractivity contribution in [1.29, 1.82) is 0 Å². The first-order chi connectivity index (χ1) is 5.78. The summed E-state index contributed by atoms with van der Waals surface area (Å²) in [6.45, 7) is 2.56. The predicted octanol–water partition coefficient (Wildman–Crippen LogP) is 2.27. The van der Waals surface area contributed by atoms with Crippen LogP contribution in [0.3, 0.4) is 0 Å². The van der Waals surface area contributed by atoms with E-state index in [1.807, 2.05) is 6.92 Å². The van der Waals surface area contributed by atoms with Gasteiger partial charge in [0.15, 0.2) is 0 Å². The number of ether oxygens (including phenoxy) is 2. The van der Waals surface area contributed by atoms with Gasteiger partial charge in [0.05, 0.1) is 24.7 Å². The monoisotopic (exact) mass is 214 g/mol. The molecule has 0 bridgehead atoms. The van der Waals surface area contributed by atoms with Gasteiger partial charge in [-0.3, -0.25) is 0 Å². The predicted molar refractivity (Wildman–Crippen MR) is 52.3 cm³/mol. The first-order valence-corrected chi connectivity index (χ1v) is 5.11. The van der Waals surface area contributed by atoms with Crippen LogP contribution in [0.4, 0.5) is 0 Å². The lowest BCUT2D eigenvalue weighted by Gasteiger charge is -2.17. The van der Waals surface area contributed by atoms with E-state index < -0.39 is 0 Å². The van der Waals surface area contributed by atoms with Crippen LogP contribution >= 0.6 is 23.2 Å². The number of alkyl halides is 2. The molecule has 0 fully saturated rings. The van der Waals surface area contributed by atoms with E-state index in [9.17, 15) is 0 Å². The summed E-state index contributed by atoms with van der Waals surface area (Å²) in [5.41, 5.74) is 0. The number of methoxy groups -OCH3 is 1. The summed E-state index contributed by atoms with van der Waals surface area (Å²) < 4.78 is 10.5. The highest BCUT2D eigenvalue weighted by atomic mass is 35.5. The zero-order chi connectivity index (χ0) is 9.40. The third-order valence-corrected chi connectivity index (χ3v) is 2.34. The third kappa shape index (κ3) is 5.20. The Balaban J connectivity index is 3.49. The molecule has 0 aromatic carbocycles. The van der Waals surface area contributed by atoms with Crippen molar-refractivity contribution >= 4 is 23.2 Å². The zero-order valence-electron chi connectivity index (χ0n) is 7.56. The highest BCUT2D eigenvalue weighted by Crippen LogP contribution is 2.03. The molecule has 0 heterocycles. The van der Waals surface area contributed by atoms with Gasteiger partial charge < -0.3 is 9.47 Å². The number of hydrogen-bond acceptors (Lipinski definition) is 2. The van der Waals surface area contributed by atoms with E-state index in [1.165, 1.54) is 0 Å². The average molecular weight is 215 g/mol. The van der Waals surface area contributed by atoms with Crippen LogP contribution < -0.4 is 0 Å². The van der Waals surface area contributed by atoms with Gasteiger partial charge in [-0.25, -0.2) is 0 Å². The number of hydrogen-bond donors (Lipinski definition) is 0. The van der Waals surface area contributed by atoms with Crippen molar-refractivity contribution in [2.45, 2.75) is 25.6 Å². The van der Waals surface area contributed by atoms with Gasteiger partial charge >= 0.3 is 0 Å². The van der Waals surface area contributed by atoms with E-state index >= 15 is 0 Å². The summed E-state index contributed by atoms with van der Waals surface area (Å²) in [5.74, 6) is 0.977. The molecular weight excluding hydrogens is 199 g/mol. The Bertz CT molecular complexity index is 81.1. The molecule has 0 radical (unpaired) electrons. The first-order valence-electron chi connectivity index (χ1n) is 4.04. The largest absolute Gasteiger partial charge is 0.378 e. The molecule has 0 N–H and O–H groups in total. The third-order valence-electron chi connectivity index (χ3n) is 1.65. The van der Waals surface area contributed by atoms with Gasteiger partial charge in [0.1, 0.15) is 0 Å². The highest BCUT2D eigenvalue weighted by molar-refractivity contribution is 6.18.